The highest BCUT2D eigenvalue weighted by Crippen LogP contribution is 2.41. The van der Waals surface area contributed by atoms with Gasteiger partial charge in [-0.05, 0) is 29.3 Å². The van der Waals surface area contributed by atoms with Crippen molar-refractivity contribution in [3.8, 4) is 5.75 Å². The van der Waals surface area contributed by atoms with Crippen LogP contribution in [0.15, 0.2) is 48.5 Å². The van der Waals surface area contributed by atoms with Crippen molar-refractivity contribution in [3.63, 3.8) is 0 Å². The van der Waals surface area contributed by atoms with Gasteiger partial charge in [-0.1, -0.05) is 46.3 Å². The number of nitrogens with one attached hydrogen (secondary N) is 1. The average Bonchev–Trinajstić information content (AvgIpc) is 2.49. The van der Waals surface area contributed by atoms with Gasteiger partial charge in [-0.15, -0.1) is 0 Å². The van der Waals surface area contributed by atoms with E-state index in [0.717, 1.165) is 22.6 Å². The van der Waals surface area contributed by atoms with E-state index in [1.165, 1.54) is 0 Å². The quantitative estimate of drug-likeness (QED) is 0.855. The lowest BCUT2D eigenvalue weighted by Gasteiger charge is -2.30. The Morgan fingerprint density at radius 1 is 1.15 bits per heavy atom. The van der Waals surface area contributed by atoms with Crippen molar-refractivity contribution in [1.29, 1.82) is 0 Å². The molecule has 0 saturated heterocycles. The van der Waals surface area contributed by atoms with Crippen LogP contribution in [0.1, 0.15) is 17.0 Å². The summed E-state index contributed by atoms with van der Waals surface area (Å²) >= 11 is 3.52. The molecule has 1 aliphatic heterocycles. The molecule has 2 atom stereocenters. The second-order valence-corrected chi connectivity index (χ2v) is 5.72. The van der Waals surface area contributed by atoms with E-state index in [0.29, 0.717) is 0 Å². The SMILES string of the molecule is COc1ccc2c(c1)C(c1ccccc1)C(Br)C(=O)N2. The van der Waals surface area contributed by atoms with Crippen LogP contribution in [0.4, 0.5) is 5.69 Å². The number of anilines is 1. The molecule has 102 valence electrons. The van der Waals surface area contributed by atoms with Crippen LogP contribution in [-0.4, -0.2) is 17.8 Å². The van der Waals surface area contributed by atoms with Crippen molar-refractivity contribution >= 4 is 27.5 Å². The lowest BCUT2D eigenvalue weighted by atomic mass is 9.84. The highest BCUT2D eigenvalue weighted by Gasteiger charge is 2.35. The van der Waals surface area contributed by atoms with Gasteiger partial charge in [0.2, 0.25) is 5.91 Å². The van der Waals surface area contributed by atoms with Crippen molar-refractivity contribution in [2.45, 2.75) is 10.7 Å². The number of halogens is 1. The molecule has 0 spiro atoms. The summed E-state index contributed by atoms with van der Waals surface area (Å²) in [5.41, 5.74) is 3.02. The molecule has 1 amide bonds. The molecule has 2 aromatic carbocycles. The fourth-order valence-corrected chi connectivity index (χ4v) is 3.26. The predicted molar refractivity (Wildman–Crippen MR) is 82.6 cm³/mol. The molecule has 20 heavy (non-hydrogen) atoms. The summed E-state index contributed by atoms with van der Waals surface area (Å²) in [5, 5.41) is 2.92. The van der Waals surface area contributed by atoms with Crippen LogP contribution in [0.3, 0.4) is 0 Å². The molecule has 0 radical (unpaired) electrons. The largest absolute Gasteiger partial charge is 0.497 e. The number of hydrogen-bond donors (Lipinski definition) is 1. The Kier molecular flexibility index (Phi) is 3.49. The zero-order chi connectivity index (χ0) is 14.1. The van der Waals surface area contributed by atoms with Crippen molar-refractivity contribution < 1.29 is 9.53 Å². The first kappa shape index (κ1) is 13.2. The van der Waals surface area contributed by atoms with Gasteiger partial charge in [-0.2, -0.15) is 0 Å². The molecule has 0 aromatic heterocycles. The third-order valence-corrected chi connectivity index (χ3v) is 4.50. The monoisotopic (exact) mass is 331 g/mol. The smallest absolute Gasteiger partial charge is 0.239 e. The molecule has 2 aromatic rings. The minimum Gasteiger partial charge on any atom is -0.497 e. The molecule has 1 N–H and O–H groups in total. The van der Waals surface area contributed by atoms with Crippen LogP contribution < -0.4 is 10.1 Å². The van der Waals surface area contributed by atoms with E-state index in [2.05, 4.69) is 21.2 Å². The zero-order valence-corrected chi connectivity index (χ0v) is 12.6. The number of carbonyl (C=O) groups is 1. The first-order valence-electron chi connectivity index (χ1n) is 6.38. The highest BCUT2D eigenvalue weighted by atomic mass is 79.9. The van der Waals surface area contributed by atoms with Gasteiger partial charge in [0.15, 0.2) is 0 Å². The Bertz CT molecular complexity index is 642. The van der Waals surface area contributed by atoms with Gasteiger partial charge in [0.1, 0.15) is 10.6 Å². The fourth-order valence-electron chi connectivity index (χ4n) is 2.56. The number of ether oxygens (including phenoxy) is 1. The summed E-state index contributed by atoms with van der Waals surface area (Å²) < 4.78 is 5.30. The lowest BCUT2D eigenvalue weighted by Crippen LogP contribution is -2.34. The van der Waals surface area contributed by atoms with Gasteiger partial charge in [-0.3, -0.25) is 4.79 Å². The molecule has 3 nitrogen and oxygen atoms in total. The van der Waals surface area contributed by atoms with Gasteiger partial charge < -0.3 is 10.1 Å². The Hall–Kier alpha value is -1.81. The lowest BCUT2D eigenvalue weighted by molar-refractivity contribution is -0.116. The van der Waals surface area contributed by atoms with E-state index in [-0.39, 0.29) is 16.7 Å². The van der Waals surface area contributed by atoms with E-state index in [4.69, 9.17) is 4.74 Å². The van der Waals surface area contributed by atoms with Crippen LogP contribution in [0.25, 0.3) is 0 Å². The molecule has 2 unspecified atom stereocenters. The summed E-state index contributed by atoms with van der Waals surface area (Å²) in [6, 6.07) is 15.8. The van der Waals surface area contributed by atoms with E-state index in [1.807, 2.05) is 48.5 Å². The molecular formula is C16H14BrNO2. The normalized spacial score (nSPS) is 21.0. The van der Waals surface area contributed by atoms with Crippen LogP contribution in [0, 0.1) is 0 Å². The maximum atomic E-state index is 12.1. The molecule has 0 aliphatic carbocycles. The van der Waals surface area contributed by atoms with Crippen LogP contribution in [-0.2, 0) is 4.79 Å². The Labute approximate surface area is 126 Å². The van der Waals surface area contributed by atoms with Crippen LogP contribution >= 0.6 is 15.9 Å². The minimum absolute atomic E-state index is 0.0171. The van der Waals surface area contributed by atoms with E-state index in [9.17, 15) is 4.79 Å². The van der Waals surface area contributed by atoms with Gasteiger partial charge in [-0.25, -0.2) is 0 Å². The molecular weight excluding hydrogens is 318 g/mol. The first-order valence-corrected chi connectivity index (χ1v) is 7.30. The van der Waals surface area contributed by atoms with Crippen molar-refractivity contribution in [2.75, 3.05) is 12.4 Å². The van der Waals surface area contributed by atoms with Crippen molar-refractivity contribution in [1.82, 2.24) is 0 Å². The maximum absolute atomic E-state index is 12.1. The molecule has 0 fully saturated rings. The standard InChI is InChI=1S/C16H14BrNO2/c1-20-11-7-8-13-12(9-11)14(15(17)16(19)18-13)10-5-3-2-4-6-10/h2-9,14-15H,1H3,(H,18,19). The molecule has 0 saturated carbocycles. The summed E-state index contributed by atoms with van der Waals surface area (Å²) in [4.78, 5) is 11.8. The second kappa shape index (κ2) is 5.29. The number of hydrogen-bond acceptors (Lipinski definition) is 2. The summed E-state index contributed by atoms with van der Waals surface area (Å²) in [5.74, 6) is 0.757. The second-order valence-electron chi connectivity index (χ2n) is 4.73. The molecule has 4 heteroatoms. The maximum Gasteiger partial charge on any atom is 0.239 e. The Balaban J connectivity index is 2.15. The third kappa shape index (κ3) is 2.20. The minimum atomic E-state index is -0.287. The molecule has 3 rings (SSSR count). The summed E-state index contributed by atoms with van der Waals surface area (Å²) in [6.45, 7) is 0. The Morgan fingerprint density at radius 2 is 1.90 bits per heavy atom. The first-order chi connectivity index (χ1) is 9.70. The molecule has 0 bridgehead atoms. The number of fused-ring (bicyclic) bond motifs is 1. The number of alkyl halides is 1. The topological polar surface area (TPSA) is 38.3 Å². The van der Waals surface area contributed by atoms with Gasteiger partial charge in [0.05, 0.1) is 7.11 Å². The van der Waals surface area contributed by atoms with E-state index >= 15 is 0 Å². The Morgan fingerprint density at radius 3 is 2.60 bits per heavy atom. The van der Waals surface area contributed by atoms with Gasteiger partial charge in [0.25, 0.3) is 0 Å². The number of carbonyl (C=O) groups excluding carboxylic acids is 1. The van der Waals surface area contributed by atoms with Crippen molar-refractivity contribution in [3.05, 3.63) is 59.7 Å². The van der Waals surface area contributed by atoms with E-state index in [1.54, 1.807) is 7.11 Å². The van der Waals surface area contributed by atoms with Gasteiger partial charge >= 0.3 is 0 Å². The fraction of sp³-hybridized carbons (Fsp3) is 0.188. The zero-order valence-electron chi connectivity index (χ0n) is 11.0. The van der Waals surface area contributed by atoms with Gasteiger partial charge in [0, 0.05) is 11.6 Å². The average molecular weight is 332 g/mol. The third-order valence-electron chi connectivity index (χ3n) is 3.55. The molecule has 1 heterocycles. The number of rotatable bonds is 2. The van der Waals surface area contributed by atoms with Crippen LogP contribution in [0.2, 0.25) is 0 Å². The predicted octanol–water partition coefficient (Wildman–Crippen LogP) is 3.54. The van der Waals surface area contributed by atoms with Crippen LogP contribution in [0.5, 0.6) is 5.75 Å². The number of methoxy groups -OCH3 is 1. The van der Waals surface area contributed by atoms with E-state index < -0.39 is 0 Å². The number of amides is 1. The highest BCUT2D eigenvalue weighted by molar-refractivity contribution is 9.10. The summed E-state index contributed by atoms with van der Waals surface area (Å²) in [6.07, 6.45) is 0. The van der Waals surface area contributed by atoms with Crippen molar-refractivity contribution in [2.24, 2.45) is 0 Å². The number of benzene rings is 2. The summed E-state index contributed by atoms with van der Waals surface area (Å²) in [7, 11) is 1.65. The molecule has 1 aliphatic rings.